The van der Waals surface area contributed by atoms with Crippen molar-refractivity contribution in [1.29, 1.82) is 0 Å². The van der Waals surface area contributed by atoms with Gasteiger partial charge >= 0.3 is 0 Å². The summed E-state index contributed by atoms with van der Waals surface area (Å²) in [6.07, 6.45) is 9.65. The minimum absolute atomic E-state index is 0.404. The highest BCUT2D eigenvalue weighted by Gasteiger charge is 2.21. The lowest BCUT2D eigenvalue weighted by Crippen LogP contribution is -2.24. The van der Waals surface area contributed by atoms with Gasteiger partial charge in [-0.1, -0.05) is 20.3 Å². The molecule has 0 spiro atoms. The maximum absolute atomic E-state index is 6.07. The van der Waals surface area contributed by atoms with Crippen molar-refractivity contribution in [3.63, 3.8) is 0 Å². The minimum Gasteiger partial charge on any atom is -0.489 e. The summed E-state index contributed by atoms with van der Waals surface area (Å²) in [5, 5.41) is 0. The lowest BCUT2D eigenvalue weighted by molar-refractivity contribution is 0.129. The van der Waals surface area contributed by atoms with Crippen molar-refractivity contribution in [2.24, 2.45) is 5.92 Å². The van der Waals surface area contributed by atoms with Crippen LogP contribution in [0.25, 0.3) is 0 Å². The molecule has 18 heavy (non-hydrogen) atoms. The number of hydrogen-bond acceptors (Lipinski definition) is 2. The SMILES string of the molecule is CCc1ncc(OC2CCC(CC)CC2)cc1C. The molecule has 0 aliphatic heterocycles. The van der Waals surface area contributed by atoms with Crippen molar-refractivity contribution >= 4 is 0 Å². The fourth-order valence-corrected chi connectivity index (χ4v) is 2.86. The summed E-state index contributed by atoms with van der Waals surface area (Å²) in [6, 6.07) is 2.14. The van der Waals surface area contributed by atoms with Crippen molar-refractivity contribution < 1.29 is 4.74 Å². The van der Waals surface area contributed by atoms with Gasteiger partial charge in [0.05, 0.1) is 12.3 Å². The molecular weight excluding hydrogens is 222 g/mol. The van der Waals surface area contributed by atoms with Crippen molar-refractivity contribution in [2.45, 2.75) is 65.4 Å². The molecular formula is C16H25NO. The Balaban J connectivity index is 1.92. The molecule has 0 aromatic carbocycles. The Labute approximate surface area is 111 Å². The summed E-state index contributed by atoms with van der Waals surface area (Å²) in [7, 11) is 0. The topological polar surface area (TPSA) is 22.1 Å². The first-order valence-corrected chi connectivity index (χ1v) is 7.35. The molecule has 0 unspecified atom stereocenters. The Morgan fingerprint density at radius 1 is 1.22 bits per heavy atom. The molecule has 1 saturated carbocycles. The molecule has 0 radical (unpaired) electrons. The van der Waals surface area contributed by atoms with E-state index in [1.165, 1.54) is 43.4 Å². The zero-order valence-corrected chi connectivity index (χ0v) is 11.9. The zero-order valence-electron chi connectivity index (χ0n) is 11.9. The molecule has 1 heterocycles. The highest BCUT2D eigenvalue weighted by Crippen LogP contribution is 2.29. The van der Waals surface area contributed by atoms with E-state index in [1.54, 1.807) is 0 Å². The van der Waals surface area contributed by atoms with Crippen LogP contribution in [0.5, 0.6) is 5.75 Å². The molecule has 0 bridgehead atoms. The van der Waals surface area contributed by atoms with Crippen molar-refractivity contribution in [2.75, 3.05) is 0 Å². The number of rotatable bonds is 4. The van der Waals surface area contributed by atoms with Gasteiger partial charge in [-0.25, -0.2) is 0 Å². The van der Waals surface area contributed by atoms with Gasteiger partial charge in [-0.15, -0.1) is 0 Å². The summed E-state index contributed by atoms with van der Waals surface area (Å²) >= 11 is 0. The molecule has 0 amide bonds. The highest BCUT2D eigenvalue weighted by atomic mass is 16.5. The third-order valence-electron chi connectivity index (χ3n) is 4.17. The first-order valence-electron chi connectivity index (χ1n) is 7.35. The largest absolute Gasteiger partial charge is 0.489 e. The molecule has 1 aromatic heterocycles. The molecule has 2 rings (SSSR count). The van der Waals surface area contributed by atoms with E-state index in [0.717, 1.165) is 18.1 Å². The Bertz CT molecular complexity index is 381. The van der Waals surface area contributed by atoms with E-state index in [9.17, 15) is 0 Å². The summed E-state index contributed by atoms with van der Waals surface area (Å²) in [5.41, 5.74) is 2.43. The normalized spacial score (nSPS) is 23.9. The Hall–Kier alpha value is -1.05. The molecule has 1 aromatic rings. The van der Waals surface area contributed by atoms with E-state index in [0.29, 0.717) is 6.10 Å². The third-order valence-corrected chi connectivity index (χ3v) is 4.17. The summed E-state index contributed by atoms with van der Waals surface area (Å²) in [6.45, 7) is 6.55. The average Bonchev–Trinajstić information content (AvgIpc) is 2.40. The van der Waals surface area contributed by atoms with Crippen LogP contribution < -0.4 is 4.74 Å². The standard InChI is InChI=1S/C16H25NO/c1-4-13-6-8-14(9-7-13)18-15-10-12(3)16(5-2)17-11-15/h10-11,13-14H,4-9H2,1-3H3. The van der Waals surface area contributed by atoms with Gasteiger partial charge in [0, 0.05) is 5.69 Å². The van der Waals surface area contributed by atoms with Crippen LogP contribution >= 0.6 is 0 Å². The highest BCUT2D eigenvalue weighted by molar-refractivity contribution is 5.28. The number of ether oxygens (including phenoxy) is 1. The number of pyridine rings is 1. The fourth-order valence-electron chi connectivity index (χ4n) is 2.86. The van der Waals surface area contributed by atoms with Gasteiger partial charge < -0.3 is 4.74 Å². The van der Waals surface area contributed by atoms with Crippen molar-refractivity contribution in [3.8, 4) is 5.75 Å². The number of aromatic nitrogens is 1. The van der Waals surface area contributed by atoms with Crippen LogP contribution in [0.2, 0.25) is 0 Å². The van der Waals surface area contributed by atoms with E-state index in [1.807, 2.05) is 6.20 Å². The van der Waals surface area contributed by atoms with E-state index >= 15 is 0 Å². The third kappa shape index (κ3) is 3.24. The van der Waals surface area contributed by atoms with Gasteiger partial charge in [-0.3, -0.25) is 4.98 Å². The molecule has 0 N–H and O–H groups in total. The summed E-state index contributed by atoms with van der Waals surface area (Å²) < 4.78 is 6.07. The summed E-state index contributed by atoms with van der Waals surface area (Å²) in [4.78, 5) is 4.47. The molecule has 0 atom stereocenters. The van der Waals surface area contributed by atoms with Crippen molar-refractivity contribution in [3.05, 3.63) is 23.5 Å². The van der Waals surface area contributed by atoms with Crippen LogP contribution in [0.15, 0.2) is 12.3 Å². The van der Waals surface area contributed by atoms with Crippen LogP contribution in [-0.2, 0) is 6.42 Å². The molecule has 2 heteroatoms. The molecule has 1 aliphatic carbocycles. The molecule has 2 nitrogen and oxygen atoms in total. The molecule has 100 valence electrons. The Morgan fingerprint density at radius 2 is 1.94 bits per heavy atom. The lowest BCUT2D eigenvalue weighted by atomic mass is 9.86. The van der Waals surface area contributed by atoms with Gasteiger partial charge in [0.15, 0.2) is 0 Å². The lowest BCUT2D eigenvalue weighted by Gasteiger charge is -2.28. The van der Waals surface area contributed by atoms with Gasteiger partial charge in [0.25, 0.3) is 0 Å². The van der Waals surface area contributed by atoms with Gasteiger partial charge in [-0.2, -0.15) is 0 Å². The summed E-state index contributed by atoms with van der Waals surface area (Å²) in [5.74, 6) is 1.87. The van der Waals surface area contributed by atoms with E-state index < -0.39 is 0 Å². The van der Waals surface area contributed by atoms with Gasteiger partial charge in [0.1, 0.15) is 5.75 Å². The second-order valence-electron chi connectivity index (χ2n) is 5.46. The number of nitrogens with zero attached hydrogens (tertiary/aromatic N) is 1. The Kier molecular flexibility index (Phi) is 4.62. The minimum atomic E-state index is 0.404. The molecule has 1 fully saturated rings. The molecule has 1 aliphatic rings. The predicted octanol–water partition coefficient (Wildman–Crippen LogP) is 4.30. The monoisotopic (exact) mass is 247 g/mol. The second-order valence-corrected chi connectivity index (χ2v) is 5.46. The number of hydrogen-bond donors (Lipinski definition) is 0. The van der Waals surface area contributed by atoms with Crippen LogP contribution in [0.4, 0.5) is 0 Å². The zero-order chi connectivity index (χ0) is 13.0. The smallest absolute Gasteiger partial charge is 0.138 e. The maximum Gasteiger partial charge on any atom is 0.138 e. The molecule has 0 saturated heterocycles. The van der Waals surface area contributed by atoms with Gasteiger partial charge in [-0.05, 0) is 56.6 Å². The first-order chi connectivity index (χ1) is 8.72. The quantitative estimate of drug-likeness (QED) is 0.791. The van der Waals surface area contributed by atoms with E-state index in [4.69, 9.17) is 4.74 Å². The van der Waals surface area contributed by atoms with Crippen LogP contribution in [0.1, 0.15) is 57.2 Å². The second kappa shape index (κ2) is 6.21. The van der Waals surface area contributed by atoms with E-state index in [2.05, 4.69) is 31.8 Å². The van der Waals surface area contributed by atoms with Crippen LogP contribution in [-0.4, -0.2) is 11.1 Å². The fraction of sp³-hybridized carbons (Fsp3) is 0.688. The Morgan fingerprint density at radius 3 is 2.50 bits per heavy atom. The van der Waals surface area contributed by atoms with Crippen LogP contribution in [0, 0.1) is 12.8 Å². The van der Waals surface area contributed by atoms with Gasteiger partial charge in [0.2, 0.25) is 0 Å². The maximum atomic E-state index is 6.07. The predicted molar refractivity (Wildman–Crippen MR) is 75.0 cm³/mol. The van der Waals surface area contributed by atoms with Crippen molar-refractivity contribution in [1.82, 2.24) is 4.98 Å². The average molecular weight is 247 g/mol. The van der Waals surface area contributed by atoms with Crippen LogP contribution in [0.3, 0.4) is 0 Å². The van der Waals surface area contributed by atoms with E-state index in [-0.39, 0.29) is 0 Å². The first kappa shape index (κ1) is 13.4. The number of aryl methyl sites for hydroxylation is 2.